The Balaban J connectivity index is 4.00. The van der Waals surface area contributed by atoms with Crippen LogP contribution in [0, 0.1) is 5.41 Å². The summed E-state index contributed by atoms with van der Waals surface area (Å²) in [6, 6.07) is 0. The van der Waals surface area contributed by atoms with Crippen LogP contribution in [0.15, 0.2) is 0 Å². The minimum Gasteiger partial charge on any atom is -0.343 e. The zero-order chi connectivity index (χ0) is 9.12. The predicted octanol–water partition coefficient (Wildman–Crippen LogP) is 0.833. The van der Waals surface area contributed by atoms with E-state index in [4.69, 9.17) is 15.3 Å². The molecule has 0 aliphatic heterocycles. The van der Waals surface area contributed by atoms with Crippen molar-refractivity contribution >= 4 is 0 Å². The Morgan fingerprint density at radius 2 is 1.55 bits per heavy atom. The van der Waals surface area contributed by atoms with E-state index in [0.29, 0.717) is 6.42 Å². The Labute approximate surface area is 67.7 Å². The largest absolute Gasteiger partial charge is 0.343 e. The molecule has 68 valence electrons. The summed E-state index contributed by atoms with van der Waals surface area (Å²) in [6.07, 6.45) is 2.48. The van der Waals surface area contributed by atoms with Crippen molar-refractivity contribution in [3.05, 3.63) is 0 Å². The Hall–Kier alpha value is -0.120. The highest BCUT2D eigenvalue weighted by Gasteiger charge is 2.39. The van der Waals surface area contributed by atoms with Gasteiger partial charge in [0.1, 0.15) is 0 Å². The van der Waals surface area contributed by atoms with Gasteiger partial charge in [-0.3, -0.25) is 0 Å². The molecule has 0 rings (SSSR count). The second-order valence-electron chi connectivity index (χ2n) is 3.62. The average Bonchev–Trinajstić information content (AvgIpc) is 1.81. The monoisotopic (exact) mass is 162 g/mol. The van der Waals surface area contributed by atoms with Gasteiger partial charge >= 0.3 is 0 Å². The van der Waals surface area contributed by atoms with Crippen molar-refractivity contribution in [2.45, 2.75) is 46.0 Å². The van der Waals surface area contributed by atoms with Crippen LogP contribution in [0.25, 0.3) is 0 Å². The molecule has 0 spiro atoms. The van der Waals surface area contributed by atoms with Crippen molar-refractivity contribution < 1.29 is 15.3 Å². The van der Waals surface area contributed by atoms with Crippen LogP contribution in [0.5, 0.6) is 0 Å². The lowest BCUT2D eigenvalue weighted by molar-refractivity contribution is -0.368. The first-order valence-electron chi connectivity index (χ1n) is 3.98. The average molecular weight is 162 g/mol. The van der Waals surface area contributed by atoms with Gasteiger partial charge in [0.05, 0.1) is 0 Å². The highest BCUT2D eigenvalue weighted by Crippen LogP contribution is 2.32. The molecule has 0 amide bonds. The van der Waals surface area contributed by atoms with E-state index < -0.39 is 11.4 Å². The van der Waals surface area contributed by atoms with E-state index in [1.165, 1.54) is 0 Å². The van der Waals surface area contributed by atoms with Crippen molar-refractivity contribution in [3.8, 4) is 0 Å². The van der Waals surface area contributed by atoms with E-state index in [9.17, 15) is 0 Å². The van der Waals surface area contributed by atoms with Gasteiger partial charge in [-0.15, -0.1) is 0 Å². The molecule has 3 nitrogen and oxygen atoms in total. The molecule has 0 heterocycles. The summed E-state index contributed by atoms with van der Waals surface area (Å²) in [4.78, 5) is 0. The van der Waals surface area contributed by atoms with Gasteiger partial charge in [0.15, 0.2) is 0 Å². The lowest BCUT2D eigenvalue weighted by atomic mass is 9.84. The Bertz CT molecular complexity index is 113. The molecule has 0 aliphatic carbocycles. The maximum Gasteiger partial charge on any atom is 0.280 e. The second kappa shape index (κ2) is 3.52. The third-order valence-corrected chi connectivity index (χ3v) is 2.06. The number of unbranched alkanes of at least 4 members (excludes halogenated alkanes) is 1. The topological polar surface area (TPSA) is 60.7 Å². The molecule has 11 heavy (non-hydrogen) atoms. The number of hydrogen-bond donors (Lipinski definition) is 3. The van der Waals surface area contributed by atoms with Crippen LogP contribution in [0.4, 0.5) is 0 Å². The van der Waals surface area contributed by atoms with Crippen LogP contribution in [0.3, 0.4) is 0 Å². The Morgan fingerprint density at radius 1 is 1.09 bits per heavy atom. The van der Waals surface area contributed by atoms with Gasteiger partial charge < -0.3 is 15.3 Å². The molecule has 0 aliphatic rings. The molecule has 0 bridgehead atoms. The summed E-state index contributed by atoms with van der Waals surface area (Å²) < 4.78 is 0. The molecular weight excluding hydrogens is 144 g/mol. The van der Waals surface area contributed by atoms with Crippen LogP contribution < -0.4 is 0 Å². The molecule has 3 N–H and O–H groups in total. The highest BCUT2D eigenvalue weighted by atomic mass is 16.7. The quantitative estimate of drug-likeness (QED) is 0.537. The molecule has 0 aromatic rings. The van der Waals surface area contributed by atoms with Crippen molar-refractivity contribution in [3.63, 3.8) is 0 Å². The van der Waals surface area contributed by atoms with Gasteiger partial charge in [-0.25, -0.2) is 0 Å². The molecule has 0 fully saturated rings. The van der Waals surface area contributed by atoms with E-state index >= 15 is 0 Å². The smallest absolute Gasteiger partial charge is 0.280 e. The first-order valence-corrected chi connectivity index (χ1v) is 3.98. The van der Waals surface area contributed by atoms with Crippen LogP contribution >= 0.6 is 0 Å². The highest BCUT2D eigenvalue weighted by molar-refractivity contribution is 4.74. The second-order valence-corrected chi connectivity index (χ2v) is 3.62. The fraction of sp³-hybridized carbons (Fsp3) is 1.00. The third-order valence-electron chi connectivity index (χ3n) is 2.06. The van der Waals surface area contributed by atoms with E-state index in [0.717, 1.165) is 12.8 Å². The van der Waals surface area contributed by atoms with Crippen molar-refractivity contribution in [2.75, 3.05) is 0 Å². The van der Waals surface area contributed by atoms with Crippen LogP contribution in [-0.2, 0) is 0 Å². The first kappa shape index (κ1) is 10.9. The van der Waals surface area contributed by atoms with Gasteiger partial charge in [-0.1, -0.05) is 33.6 Å². The molecule has 0 saturated carbocycles. The van der Waals surface area contributed by atoms with E-state index in [-0.39, 0.29) is 0 Å². The van der Waals surface area contributed by atoms with E-state index in [2.05, 4.69) is 0 Å². The minimum atomic E-state index is -2.55. The summed E-state index contributed by atoms with van der Waals surface area (Å²) in [5.74, 6) is -2.55. The molecule has 0 unspecified atom stereocenters. The van der Waals surface area contributed by atoms with E-state index in [1.807, 2.05) is 6.92 Å². The van der Waals surface area contributed by atoms with Crippen LogP contribution in [-0.4, -0.2) is 21.3 Å². The molecule has 0 atom stereocenters. The Kier molecular flexibility index (Phi) is 3.48. The zero-order valence-corrected chi connectivity index (χ0v) is 7.46. The van der Waals surface area contributed by atoms with Gasteiger partial charge in [0, 0.05) is 5.41 Å². The molecule has 0 radical (unpaired) electrons. The first-order chi connectivity index (χ1) is 4.81. The summed E-state index contributed by atoms with van der Waals surface area (Å²) in [5.41, 5.74) is -0.844. The summed E-state index contributed by atoms with van der Waals surface area (Å²) in [5, 5.41) is 26.6. The molecule has 3 heteroatoms. The molecule has 0 saturated heterocycles. The maximum atomic E-state index is 8.88. The molecule has 0 aromatic heterocycles. The summed E-state index contributed by atoms with van der Waals surface area (Å²) in [6.45, 7) is 5.27. The zero-order valence-electron chi connectivity index (χ0n) is 7.46. The van der Waals surface area contributed by atoms with Gasteiger partial charge in [0.2, 0.25) is 0 Å². The SMILES string of the molecule is CCCCC(C)(C)C(O)(O)O. The molecule has 0 aromatic carbocycles. The lowest BCUT2D eigenvalue weighted by Gasteiger charge is -2.33. The number of aliphatic hydroxyl groups is 3. The summed E-state index contributed by atoms with van der Waals surface area (Å²) >= 11 is 0. The van der Waals surface area contributed by atoms with Gasteiger partial charge in [-0.05, 0) is 6.42 Å². The minimum absolute atomic E-state index is 0.604. The van der Waals surface area contributed by atoms with Crippen molar-refractivity contribution in [1.29, 1.82) is 0 Å². The fourth-order valence-electron chi connectivity index (χ4n) is 0.786. The normalized spacial score (nSPS) is 13.6. The van der Waals surface area contributed by atoms with Crippen molar-refractivity contribution in [1.82, 2.24) is 0 Å². The standard InChI is InChI=1S/C8H18O3/c1-4-5-6-7(2,3)8(9,10)11/h9-11H,4-6H2,1-3H3. The van der Waals surface area contributed by atoms with Crippen LogP contribution in [0.2, 0.25) is 0 Å². The lowest BCUT2D eigenvalue weighted by Crippen LogP contribution is -2.44. The molecular formula is C8H18O3. The summed E-state index contributed by atoms with van der Waals surface area (Å²) in [7, 11) is 0. The maximum absolute atomic E-state index is 8.88. The van der Waals surface area contributed by atoms with Crippen molar-refractivity contribution in [2.24, 2.45) is 5.41 Å². The number of rotatable bonds is 4. The van der Waals surface area contributed by atoms with Crippen LogP contribution in [0.1, 0.15) is 40.0 Å². The Morgan fingerprint density at radius 3 is 1.82 bits per heavy atom. The fourth-order valence-corrected chi connectivity index (χ4v) is 0.786. The predicted molar refractivity (Wildman–Crippen MR) is 42.7 cm³/mol. The third kappa shape index (κ3) is 3.18. The van der Waals surface area contributed by atoms with E-state index in [1.54, 1.807) is 13.8 Å². The van der Waals surface area contributed by atoms with Gasteiger partial charge in [-0.2, -0.15) is 0 Å². The number of hydrogen-bond acceptors (Lipinski definition) is 3. The van der Waals surface area contributed by atoms with Gasteiger partial charge in [0.25, 0.3) is 5.97 Å².